The molecule has 5 rings (SSSR count). The van der Waals surface area contributed by atoms with Crippen LogP contribution in [-0.4, -0.2) is 18.4 Å². The van der Waals surface area contributed by atoms with Gasteiger partial charge in [-0.1, -0.05) is 46.8 Å². The maximum absolute atomic E-state index is 13.0. The van der Waals surface area contributed by atoms with Crippen LogP contribution in [0.4, 0.5) is 0 Å². The van der Waals surface area contributed by atoms with Crippen LogP contribution in [-0.2, 0) is 14.3 Å². The number of ether oxygens (including phenoxy) is 1. The molecule has 0 aliphatic heterocycles. The summed E-state index contributed by atoms with van der Waals surface area (Å²) in [6, 6.07) is 0. The number of hydrogen-bond acceptors (Lipinski definition) is 3. The van der Waals surface area contributed by atoms with Crippen LogP contribution >= 0.6 is 0 Å². The minimum Gasteiger partial charge on any atom is -0.465 e. The zero-order valence-corrected chi connectivity index (χ0v) is 23.6. The van der Waals surface area contributed by atoms with Crippen molar-refractivity contribution in [1.82, 2.24) is 0 Å². The highest BCUT2D eigenvalue weighted by molar-refractivity contribution is 5.85. The lowest BCUT2D eigenvalue weighted by Crippen LogP contribution is -2.66. The number of carbonyl (C=O) groups excluding carboxylic acids is 2. The highest BCUT2D eigenvalue weighted by atomic mass is 16.5. The van der Waals surface area contributed by atoms with Crippen molar-refractivity contribution in [1.29, 1.82) is 0 Å². The summed E-state index contributed by atoms with van der Waals surface area (Å²) in [5.74, 6) is 3.34. The predicted molar refractivity (Wildman–Crippen MR) is 141 cm³/mol. The van der Waals surface area contributed by atoms with Gasteiger partial charge in [-0.2, -0.15) is 0 Å². The second-order valence-corrected chi connectivity index (χ2v) is 15.0. The summed E-state index contributed by atoms with van der Waals surface area (Å²) in [5, 5.41) is 0. The van der Waals surface area contributed by atoms with Crippen molar-refractivity contribution in [3.8, 4) is 0 Å². The fraction of sp³-hybridized carbons (Fsp3) is 0.875. The van der Waals surface area contributed by atoms with Crippen molar-refractivity contribution in [2.45, 2.75) is 113 Å². The molecule has 0 amide bonds. The van der Waals surface area contributed by atoms with Gasteiger partial charge in [-0.3, -0.25) is 9.59 Å². The third-order valence-electron chi connectivity index (χ3n) is 13.5. The molecule has 0 heterocycles. The molecule has 35 heavy (non-hydrogen) atoms. The molecule has 5 saturated carbocycles. The number of fused-ring (bicyclic) bond motifs is 7. The van der Waals surface area contributed by atoms with E-state index >= 15 is 0 Å². The van der Waals surface area contributed by atoms with E-state index in [0.717, 1.165) is 12.8 Å². The van der Waals surface area contributed by atoms with Gasteiger partial charge in [0.25, 0.3) is 0 Å². The van der Waals surface area contributed by atoms with Crippen LogP contribution in [0.1, 0.15) is 113 Å². The lowest BCUT2D eigenvalue weighted by Gasteiger charge is -2.72. The van der Waals surface area contributed by atoms with Crippen LogP contribution < -0.4 is 0 Å². The number of allylic oxidation sites excluding steroid dienone is 1. The van der Waals surface area contributed by atoms with Gasteiger partial charge in [-0.05, 0) is 111 Å². The first-order valence-electron chi connectivity index (χ1n) is 14.5. The molecule has 0 aromatic heterocycles. The summed E-state index contributed by atoms with van der Waals surface area (Å²) in [6.45, 7) is 21.2. The van der Waals surface area contributed by atoms with Crippen molar-refractivity contribution < 1.29 is 14.3 Å². The van der Waals surface area contributed by atoms with Crippen molar-refractivity contribution in [3.05, 3.63) is 12.2 Å². The fourth-order valence-corrected chi connectivity index (χ4v) is 11.6. The van der Waals surface area contributed by atoms with E-state index in [0.29, 0.717) is 47.4 Å². The van der Waals surface area contributed by atoms with Crippen molar-refractivity contribution >= 4 is 11.8 Å². The van der Waals surface area contributed by atoms with E-state index in [1.807, 2.05) is 0 Å². The van der Waals surface area contributed by atoms with E-state index in [4.69, 9.17) is 4.74 Å². The molecule has 5 fully saturated rings. The van der Waals surface area contributed by atoms with E-state index < -0.39 is 0 Å². The van der Waals surface area contributed by atoms with Gasteiger partial charge >= 0.3 is 5.97 Å². The van der Waals surface area contributed by atoms with Gasteiger partial charge in [0, 0.05) is 24.2 Å². The summed E-state index contributed by atoms with van der Waals surface area (Å²) >= 11 is 0. The van der Waals surface area contributed by atoms with Gasteiger partial charge in [-0.25, -0.2) is 0 Å². The standard InChI is InChI=1S/C32H50O3/c1-20(2)22-11-16-32(19-35-21(3)33)18-17-30(7)23(27(22)32)9-10-25-29(6)14-13-26(34)28(4,5)24(29)12-15-31(25,30)8/h22-25,27H,1,9-19H2,2-8H3/t22-,23+,24+,25-,27+,29-,30-,31+,32+/m1/s1. The Hall–Kier alpha value is -1.12. The molecule has 3 nitrogen and oxygen atoms in total. The summed E-state index contributed by atoms with van der Waals surface area (Å²) in [7, 11) is 0. The van der Waals surface area contributed by atoms with Crippen LogP contribution in [0.15, 0.2) is 12.2 Å². The van der Waals surface area contributed by atoms with Crippen LogP contribution in [0.5, 0.6) is 0 Å². The van der Waals surface area contributed by atoms with E-state index in [9.17, 15) is 9.59 Å². The number of Topliss-reactive ketones (excluding diaryl/α,β-unsaturated/α-hetero) is 1. The first-order chi connectivity index (χ1) is 16.2. The molecule has 9 atom stereocenters. The molecule has 0 bridgehead atoms. The van der Waals surface area contributed by atoms with E-state index in [2.05, 4.69) is 48.1 Å². The Balaban J connectivity index is 1.53. The topological polar surface area (TPSA) is 43.4 Å². The minimum atomic E-state index is -0.186. The number of carbonyl (C=O) groups is 2. The smallest absolute Gasteiger partial charge is 0.302 e. The number of hydrogen-bond donors (Lipinski definition) is 0. The first kappa shape index (κ1) is 25.5. The number of ketones is 1. The van der Waals surface area contributed by atoms with Crippen LogP contribution in [0.2, 0.25) is 0 Å². The molecular weight excluding hydrogens is 432 g/mol. The normalized spacial score (nSPS) is 50.4. The lowest BCUT2D eigenvalue weighted by atomic mass is 9.32. The molecular formula is C32H50O3. The molecule has 0 N–H and O–H groups in total. The molecule has 0 saturated heterocycles. The first-order valence-corrected chi connectivity index (χ1v) is 14.5. The Morgan fingerprint density at radius 3 is 2.26 bits per heavy atom. The molecule has 196 valence electrons. The SMILES string of the molecule is C=C(C)[C@H]1CC[C@@]2(COC(C)=O)CC[C@]3(C)[C@@H](CC[C@@H]4[C@]5(C)CCC(=O)C(C)(C)[C@@H]5CC[C@@]43C)[C@H]12. The van der Waals surface area contributed by atoms with Gasteiger partial charge in [0.1, 0.15) is 5.78 Å². The Morgan fingerprint density at radius 2 is 1.60 bits per heavy atom. The van der Waals surface area contributed by atoms with Crippen molar-refractivity contribution in [2.75, 3.05) is 6.61 Å². The summed E-state index contributed by atoms with van der Waals surface area (Å²) in [5.41, 5.74) is 2.12. The molecule has 5 aliphatic rings. The second-order valence-electron chi connectivity index (χ2n) is 15.0. The van der Waals surface area contributed by atoms with Gasteiger partial charge < -0.3 is 4.74 Å². The Labute approximate surface area is 214 Å². The summed E-state index contributed by atoms with van der Waals surface area (Å²) in [6.07, 6.45) is 11.6. The average Bonchev–Trinajstić information content (AvgIpc) is 3.16. The second kappa shape index (κ2) is 7.94. The molecule has 0 spiro atoms. The predicted octanol–water partition coefficient (Wildman–Crippen LogP) is 7.78. The van der Waals surface area contributed by atoms with Gasteiger partial charge in [0.15, 0.2) is 0 Å². The molecule has 0 aromatic rings. The molecule has 5 aliphatic carbocycles. The Bertz CT molecular complexity index is 933. The van der Waals surface area contributed by atoms with Crippen LogP contribution in [0.3, 0.4) is 0 Å². The maximum atomic E-state index is 13.0. The lowest BCUT2D eigenvalue weighted by molar-refractivity contribution is -0.237. The quantitative estimate of drug-likeness (QED) is 0.305. The van der Waals surface area contributed by atoms with E-state index in [1.54, 1.807) is 6.92 Å². The number of rotatable bonds is 3. The third-order valence-corrected chi connectivity index (χ3v) is 13.5. The fourth-order valence-electron chi connectivity index (χ4n) is 11.6. The maximum Gasteiger partial charge on any atom is 0.302 e. The van der Waals surface area contributed by atoms with E-state index in [-0.39, 0.29) is 27.6 Å². The Morgan fingerprint density at radius 1 is 0.886 bits per heavy atom. The molecule has 3 heteroatoms. The molecule has 0 radical (unpaired) electrons. The summed E-state index contributed by atoms with van der Waals surface area (Å²) in [4.78, 5) is 24.8. The van der Waals surface area contributed by atoms with E-state index in [1.165, 1.54) is 56.9 Å². The number of esters is 1. The van der Waals surface area contributed by atoms with Gasteiger partial charge in [0.05, 0.1) is 6.61 Å². The van der Waals surface area contributed by atoms with Gasteiger partial charge in [-0.15, -0.1) is 0 Å². The highest BCUT2D eigenvalue weighted by Gasteiger charge is 2.71. The molecule has 0 aromatic carbocycles. The average molecular weight is 483 g/mol. The highest BCUT2D eigenvalue weighted by Crippen LogP contribution is 2.77. The summed E-state index contributed by atoms with van der Waals surface area (Å²) < 4.78 is 5.78. The monoisotopic (exact) mass is 482 g/mol. The zero-order chi connectivity index (χ0) is 25.6. The molecule has 0 unspecified atom stereocenters. The van der Waals surface area contributed by atoms with Crippen molar-refractivity contribution in [3.63, 3.8) is 0 Å². The minimum absolute atomic E-state index is 0.128. The third kappa shape index (κ3) is 3.27. The zero-order valence-electron chi connectivity index (χ0n) is 23.6. The van der Waals surface area contributed by atoms with Crippen LogP contribution in [0, 0.1) is 56.7 Å². The van der Waals surface area contributed by atoms with Crippen molar-refractivity contribution in [2.24, 2.45) is 56.7 Å². The van der Waals surface area contributed by atoms with Crippen LogP contribution in [0.25, 0.3) is 0 Å². The largest absolute Gasteiger partial charge is 0.465 e. The van der Waals surface area contributed by atoms with Gasteiger partial charge in [0.2, 0.25) is 0 Å². The Kier molecular flexibility index (Phi) is 5.79.